The topological polar surface area (TPSA) is 66.3 Å². The van der Waals surface area contributed by atoms with Crippen molar-refractivity contribution in [3.63, 3.8) is 0 Å². The largest absolute Gasteiger partial charge is 0.481 e. The maximum absolute atomic E-state index is 10.6. The van der Waals surface area contributed by atoms with E-state index >= 15 is 0 Å². The quantitative estimate of drug-likeness (QED) is 0.827. The van der Waals surface area contributed by atoms with Crippen LogP contribution in [-0.4, -0.2) is 35.4 Å². The van der Waals surface area contributed by atoms with E-state index < -0.39 is 5.97 Å². The molecule has 0 amide bonds. The van der Waals surface area contributed by atoms with E-state index in [1.165, 1.54) is 0 Å². The summed E-state index contributed by atoms with van der Waals surface area (Å²) in [7, 11) is 3.88. The van der Waals surface area contributed by atoms with E-state index in [9.17, 15) is 4.79 Å². The number of nitrogens with zero attached hydrogens (tertiary/aromatic N) is 3. The average Bonchev–Trinajstić information content (AvgIpc) is 2.86. The summed E-state index contributed by atoms with van der Waals surface area (Å²) in [5.41, 5.74) is 1.96. The van der Waals surface area contributed by atoms with Crippen molar-refractivity contribution >= 4 is 34.2 Å². The van der Waals surface area contributed by atoms with Gasteiger partial charge in [-0.1, -0.05) is 47.4 Å². The molecule has 106 valence electrons. The van der Waals surface area contributed by atoms with Crippen LogP contribution in [0.1, 0.15) is 11.1 Å². The molecule has 0 aliphatic carbocycles. The fourth-order valence-electron chi connectivity index (χ4n) is 1.51. The highest BCUT2D eigenvalue weighted by Crippen LogP contribution is 2.29. The van der Waals surface area contributed by atoms with Crippen LogP contribution in [0.15, 0.2) is 28.6 Å². The Hall–Kier alpha value is -1.60. The molecule has 1 N–H and O–H groups in total. The molecule has 1 aromatic carbocycles. The monoisotopic (exact) mass is 309 g/mol. The molecule has 0 aliphatic heterocycles. The second-order valence-corrected chi connectivity index (χ2v) is 6.60. The zero-order chi connectivity index (χ0) is 14.5. The van der Waals surface area contributed by atoms with Gasteiger partial charge >= 0.3 is 5.97 Å². The first-order chi connectivity index (χ1) is 9.54. The Balaban J connectivity index is 1.91. The maximum Gasteiger partial charge on any atom is 0.307 e. The van der Waals surface area contributed by atoms with Gasteiger partial charge in [-0.05, 0) is 11.1 Å². The van der Waals surface area contributed by atoms with Gasteiger partial charge in [-0.3, -0.25) is 4.79 Å². The lowest BCUT2D eigenvalue weighted by Crippen LogP contribution is -2.07. The smallest absolute Gasteiger partial charge is 0.307 e. The second-order valence-electron chi connectivity index (χ2n) is 4.42. The first kappa shape index (κ1) is 14.8. The molecular formula is C13H15N3O2S2. The molecule has 0 aliphatic rings. The fraction of sp³-hybridized carbons (Fsp3) is 0.308. The summed E-state index contributed by atoms with van der Waals surface area (Å²) in [6.07, 6.45) is 0.0655. The minimum atomic E-state index is -0.808. The summed E-state index contributed by atoms with van der Waals surface area (Å²) in [5.74, 6) is -0.00714. The minimum absolute atomic E-state index is 0.0655. The lowest BCUT2D eigenvalue weighted by Gasteiger charge is -2.04. The summed E-state index contributed by atoms with van der Waals surface area (Å²) in [6.45, 7) is 0. The van der Waals surface area contributed by atoms with Crippen LogP contribution >= 0.6 is 23.1 Å². The molecule has 0 fully saturated rings. The average molecular weight is 309 g/mol. The van der Waals surface area contributed by atoms with E-state index in [0.717, 1.165) is 26.4 Å². The number of thioether (sulfide) groups is 1. The van der Waals surface area contributed by atoms with E-state index in [-0.39, 0.29) is 6.42 Å². The minimum Gasteiger partial charge on any atom is -0.481 e. The van der Waals surface area contributed by atoms with E-state index in [4.69, 9.17) is 5.11 Å². The molecule has 0 bridgehead atoms. The third-order valence-corrected chi connectivity index (χ3v) is 4.81. The van der Waals surface area contributed by atoms with Crippen LogP contribution in [-0.2, 0) is 17.0 Å². The molecule has 2 aromatic rings. The van der Waals surface area contributed by atoms with Crippen molar-refractivity contribution in [2.75, 3.05) is 19.0 Å². The SMILES string of the molecule is CN(C)c1nnc(SCc2ccc(CC(=O)O)cc2)s1. The van der Waals surface area contributed by atoms with Crippen molar-refractivity contribution in [1.82, 2.24) is 10.2 Å². The molecule has 0 saturated heterocycles. The summed E-state index contributed by atoms with van der Waals surface area (Å²) >= 11 is 3.19. The van der Waals surface area contributed by atoms with Crippen LogP contribution in [0.2, 0.25) is 0 Å². The zero-order valence-electron chi connectivity index (χ0n) is 11.2. The Morgan fingerprint density at radius 3 is 2.45 bits per heavy atom. The number of carbonyl (C=O) groups is 1. The number of aliphatic carboxylic acids is 1. The number of hydrogen-bond acceptors (Lipinski definition) is 6. The number of carboxylic acids is 1. The number of aromatic nitrogens is 2. The van der Waals surface area contributed by atoms with Crippen LogP contribution in [0.25, 0.3) is 0 Å². The van der Waals surface area contributed by atoms with Gasteiger partial charge in [0, 0.05) is 19.8 Å². The first-order valence-corrected chi connectivity index (χ1v) is 7.78. The molecule has 20 heavy (non-hydrogen) atoms. The van der Waals surface area contributed by atoms with E-state index in [2.05, 4.69) is 10.2 Å². The second kappa shape index (κ2) is 6.71. The highest BCUT2D eigenvalue weighted by Gasteiger charge is 2.07. The summed E-state index contributed by atoms with van der Waals surface area (Å²) in [4.78, 5) is 12.5. The van der Waals surface area contributed by atoms with Crippen LogP contribution in [0.3, 0.4) is 0 Å². The predicted molar refractivity (Wildman–Crippen MR) is 81.6 cm³/mol. The van der Waals surface area contributed by atoms with Crippen molar-refractivity contribution in [2.45, 2.75) is 16.5 Å². The van der Waals surface area contributed by atoms with Gasteiger partial charge in [0.2, 0.25) is 5.13 Å². The molecule has 0 spiro atoms. The standard InChI is InChI=1S/C13H15N3O2S2/c1-16(2)12-14-15-13(20-12)19-8-10-5-3-9(4-6-10)7-11(17)18/h3-6H,7-8H2,1-2H3,(H,17,18). The Morgan fingerprint density at radius 2 is 1.90 bits per heavy atom. The Bertz CT molecular complexity index is 582. The molecule has 0 saturated carbocycles. The lowest BCUT2D eigenvalue weighted by molar-refractivity contribution is -0.136. The third-order valence-electron chi connectivity index (χ3n) is 2.52. The number of carboxylic acid groups (broad SMARTS) is 1. The Morgan fingerprint density at radius 1 is 1.25 bits per heavy atom. The van der Waals surface area contributed by atoms with Crippen LogP contribution < -0.4 is 4.90 Å². The third kappa shape index (κ3) is 4.21. The lowest BCUT2D eigenvalue weighted by atomic mass is 10.1. The normalized spacial score (nSPS) is 10.5. The summed E-state index contributed by atoms with van der Waals surface area (Å²) in [6, 6.07) is 7.63. The van der Waals surface area contributed by atoms with Crippen molar-refractivity contribution in [2.24, 2.45) is 0 Å². The maximum atomic E-state index is 10.6. The summed E-state index contributed by atoms with van der Waals surface area (Å²) < 4.78 is 0.934. The van der Waals surface area contributed by atoms with Crippen LogP contribution in [0.5, 0.6) is 0 Å². The van der Waals surface area contributed by atoms with Gasteiger partial charge in [-0.15, -0.1) is 10.2 Å². The van der Waals surface area contributed by atoms with Crippen molar-refractivity contribution in [1.29, 1.82) is 0 Å². The molecule has 7 heteroatoms. The molecule has 5 nitrogen and oxygen atoms in total. The molecule has 2 rings (SSSR count). The van der Waals surface area contributed by atoms with Crippen LogP contribution in [0, 0.1) is 0 Å². The number of benzene rings is 1. The van der Waals surface area contributed by atoms with Gasteiger partial charge in [0.1, 0.15) is 0 Å². The molecule has 1 heterocycles. The molecule has 1 aromatic heterocycles. The highest BCUT2D eigenvalue weighted by atomic mass is 32.2. The first-order valence-electron chi connectivity index (χ1n) is 5.98. The van der Waals surface area contributed by atoms with Crippen molar-refractivity contribution < 1.29 is 9.90 Å². The zero-order valence-corrected chi connectivity index (χ0v) is 12.9. The molecule has 0 atom stereocenters. The van der Waals surface area contributed by atoms with Gasteiger partial charge in [-0.2, -0.15) is 0 Å². The molecule has 0 radical (unpaired) electrons. The van der Waals surface area contributed by atoms with E-state index in [1.807, 2.05) is 43.3 Å². The van der Waals surface area contributed by atoms with Crippen molar-refractivity contribution in [3.8, 4) is 0 Å². The Kier molecular flexibility index (Phi) is 4.97. The molecular weight excluding hydrogens is 294 g/mol. The van der Waals surface area contributed by atoms with Gasteiger partial charge in [0.25, 0.3) is 0 Å². The highest BCUT2D eigenvalue weighted by molar-refractivity contribution is 8.00. The van der Waals surface area contributed by atoms with Crippen molar-refractivity contribution in [3.05, 3.63) is 35.4 Å². The van der Waals surface area contributed by atoms with Gasteiger partial charge < -0.3 is 10.0 Å². The van der Waals surface area contributed by atoms with E-state index in [1.54, 1.807) is 23.1 Å². The predicted octanol–water partition coefficient (Wildman–Crippen LogP) is 2.52. The number of anilines is 1. The van der Waals surface area contributed by atoms with Gasteiger partial charge in [0.15, 0.2) is 4.34 Å². The Labute approximate surface area is 125 Å². The number of rotatable bonds is 6. The summed E-state index contributed by atoms with van der Waals surface area (Å²) in [5, 5.41) is 17.8. The van der Waals surface area contributed by atoms with Crippen LogP contribution in [0.4, 0.5) is 5.13 Å². The van der Waals surface area contributed by atoms with Gasteiger partial charge in [0.05, 0.1) is 6.42 Å². The fourth-order valence-corrected chi connectivity index (χ4v) is 3.23. The number of hydrogen-bond donors (Lipinski definition) is 1. The molecule has 0 unspecified atom stereocenters. The van der Waals surface area contributed by atoms with Gasteiger partial charge in [-0.25, -0.2) is 0 Å². The van der Waals surface area contributed by atoms with E-state index in [0.29, 0.717) is 0 Å².